The highest BCUT2D eigenvalue weighted by molar-refractivity contribution is 5.72. The van der Waals surface area contributed by atoms with Gasteiger partial charge in [0, 0.05) is 12.1 Å². The number of non-ortho nitro benzene ring substituents is 1. The van der Waals surface area contributed by atoms with Gasteiger partial charge in [0.25, 0.3) is 5.69 Å². The van der Waals surface area contributed by atoms with E-state index in [9.17, 15) is 14.9 Å². The lowest BCUT2D eigenvalue weighted by Gasteiger charge is -2.10. The molecule has 6 heteroatoms. The van der Waals surface area contributed by atoms with Crippen LogP contribution in [0.5, 0.6) is 5.75 Å². The fraction of sp³-hybridized carbons (Fsp3) is 0.133. The number of nitrogens with zero attached hydrogens (tertiary/aromatic N) is 1. The summed E-state index contributed by atoms with van der Waals surface area (Å²) in [6.07, 6.45) is -0.921. The molecule has 108 valence electrons. The highest BCUT2D eigenvalue weighted by Gasteiger charge is 2.12. The summed E-state index contributed by atoms with van der Waals surface area (Å²) in [4.78, 5) is 20.8. The van der Waals surface area contributed by atoms with Gasteiger partial charge in [0.15, 0.2) is 6.10 Å². The number of carbonyl (C=O) groups is 1. The number of nitro groups is 1. The number of carboxylic acids is 1. The summed E-state index contributed by atoms with van der Waals surface area (Å²) in [5.41, 5.74) is 1.73. The Hall–Kier alpha value is -2.89. The molecule has 0 bridgehead atoms. The molecule has 0 aliphatic rings. The maximum atomic E-state index is 10.7. The predicted molar refractivity (Wildman–Crippen MR) is 76.3 cm³/mol. The molecule has 0 radical (unpaired) electrons. The van der Waals surface area contributed by atoms with Crippen LogP contribution in [-0.4, -0.2) is 22.1 Å². The summed E-state index contributed by atoms with van der Waals surface area (Å²) in [6, 6.07) is 13.1. The summed E-state index contributed by atoms with van der Waals surface area (Å²) in [6.45, 7) is 1.45. The van der Waals surface area contributed by atoms with Crippen molar-refractivity contribution >= 4 is 11.7 Å². The van der Waals surface area contributed by atoms with Crippen molar-refractivity contribution in [2.45, 2.75) is 13.0 Å². The summed E-state index contributed by atoms with van der Waals surface area (Å²) in [7, 11) is 0. The third-order valence-electron chi connectivity index (χ3n) is 2.93. The van der Waals surface area contributed by atoms with E-state index in [-0.39, 0.29) is 5.69 Å². The van der Waals surface area contributed by atoms with Gasteiger partial charge in [-0.1, -0.05) is 12.1 Å². The zero-order valence-corrected chi connectivity index (χ0v) is 11.2. The maximum Gasteiger partial charge on any atom is 0.344 e. The first-order valence-electron chi connectivity index (χ1n) is 6.22. The average molecular weight is 287 g/mol. The number of hydrogen-bond acceptors (Lipinski definition) is 4. The molecule has 0 fully saturated rings. The highest BCUT2D eigenvalue weighted by Crippen LogP contribution is 2.24. The molecular weight excluding hydrogens is 274 g/mol. The van der Waals surface area contributed by atoms with Crippen LogP contribution in [0.15, 0.2) is 48.5 Å². The molecule has 2 aromatic rings. The van der Waals surface area contributed by atoms with Crippen LogP contribution in [0.2, 0.25) is 0 Å². The van der Waals surface area contributed by atoms with E-state index < -0.39 is 17.0 Å². The zero-order chi connectivity index (χ0) is 15.4. The van der Waals surface area contributed by atoms with E-state index in [0.29, 0.717) is 5.75 Å². The van der Waals surface area contributed by atoms with Gasteiger partial charge < -0.3 is 9.84 Å². The van der Waals surface area contributed by atoms with Gasteiger partial charge in [0.1, 0.15) is 5.75 Å². The number of ether oxygens (including phenoxy) is 1. The molecule has 0 aromatic heterocycles. The molecule has 21 heavy (non-hydrogen) atoms. The Morgan fingerprint density at radius 3 is 2.00 bits per heavy atom. The fourth-order valence-electron chi connectivity index (χ4n) is 1.76. The fourth-order valence-corrected chi connectivity index (χ4v) is 1.76. The lowest BCUT2D eigenvalue weighted by atomic mass is 10.1. The molecule has 0 saturated carbocycles. The highest BCUT2D eigenvalue weighted by atomic mass is 16.6. The lowest BCUT2D eigenvalue weighted by molar-refractivity contribution is -0.384. The number of carboxylic acid groups (broad SMARTS) is 1. The molecule has 2 aromatic carbocycles. The first-order chi connectivity index (χ1) is 9.97. The quantitative estimate of drug-likeness (QED) is 0.674. The van der Waals surface area contributed by atoms with Crippen LogP contribution in [0.4, 0.5) is 5.69 Å². The Kier molecular flexibility index (Phi) is 4.18. The van der Waals surface area contributed by atoms with Crippen molar-refractivity contribution in [3.05, 3.63) is 58.6 Å². The minimum absolute atomic E-state index is 0.0361. The zero-order valence-electron chi connectivity index (χ0n) is 11.2. The summed E-state index contributed by atoms with van der Waals surface area (Å²) in [5, 5.41) is 19.4. The third kappa shape index (κ3) is 3.56. The minimum Gasteiger partial charge on any atom is -0.479 e. The summed E-state index contributed by atoms with van der Waals surface area (Å²) in [5.74, 6) is -0.579. The standard InChI is InChI=1S/C15H13NO5/c1-10(15(17)18)21-14-8-4-12(5-9-14)11-2-6-13(7-3-11)16(19)20/h2-10H,1H3,(H,17,18). The van der Waals surface area contributed by atoms with E-state index in [1.165, 1.54) is 19.1 Å². The normalized spacial score (nSPS) is 11.7. The average Bonchev–Trinajstić information content (AvgIpc) is 2.48. The number of hydrogen-bond donors (Lipinski definition) is 1. The van der Waals surface area contributed by atoms with Crippen molar-refractivity contribution in [2.75, 3.05) is 0 Å². The molecule has 0 spiro atoms. The van der Waals surface area contributed by atoms with Crippen LogP contribution >= 0.6 is 0 Å². The van der Waals surface area contributed by atoms with Crippen LogP contribution in [-0.2, 0) is 4.79 Å². The van der Waals surface area contributed by atoms with Crippen LogP contribution in [0.3, 0.4) is 0 Å². The van der Waals surface area contributed by atoms with E-state index in [1.54, 1.807) is 36.4 Å². The molecule has 1 atom stereocenters. The van der Waals surface area contributed by atoms with E-state index in [2.05, 4.69) is 0 Å². The predicted octanol–water partition coefficient (Wildman–Crippen LogP) is 3.11. The van der Waals surface area contributed by atoms with Gasteiger partial charge in [-0.3, -0.25) is 10.1 Å². The molecule has 0 heterocycles. The van der Waals surface area contributed by atoms with Crippen molar-refractivity contribution in [1.29, 1.82) is 0 Å². The molecule has 1 unspecified atom stereocenters. The van der Waals surface area contributed by atoms with Crippen LogP contribution in [0.25, 0.3) is 11.1 Å². The van der Waals surface area contributed by atoms with Crippen molar-refractivity contribution in [1.82, 2.24) is 0 Å². The second-order valence-electron chi connectivity index (χ2n) is 4.43. The Morgan fingerprint density at radius 1 is 1.10 bits per heavy atom. The lowest BCUT2D eigenvalue weighted by Crippen LogP contribution is -2.22. The van der Waals surface area contributed by atoms with Gasteiger partial charge in [-0.05, 0) is 42.3 Å². The van der Waals surface area contributed by atoms with Gasteiger partial charge in [-0.2, -0.15) is 0 Å². The number of rotatable bonds is 5. The molecule has 6 nitrogen and oxygen atoms in total. The number of benzene rings is 2. The van der Waals surface area contributed by atoms with Gasteiger partial charge in [-0.15, -0.1) is 0 Å². The van der Waals surface area contributed by atoms with E-state index in [0.717, 1.165) is 11.1 Å². The molecule has 2 rings (SSSR count). The Labute approximate surface area is 120 Å². The minimum atomic E-state index is -1.03. The Balaban J connectivity index is 2.15. The molecule has 0 saturated heterocycles. The molecule has 1 N–H and O–H groups in total. The number of nitro benzene ring substituents is 1. The van der Waals surface area contributed by atoms with Gasteiger partial charge >= 0.3 is 5.97 Å². The summed E-state index contributed by atoms with van der Waals surface area (Å²) < 4.78 is 5.23. The second kappa shape index (κ2) is 6.04. The van der Waals surface area contributed by atoms with Gasteiger partial charge in [0.05, 0.1) is 4.92 Å². The van der Waals surface area contributed by atoms with Crippen molar-refractivity contribution in [2.24, 2.45) is 0 Å². The smallest absolute Gasteiger partial charge is 0.344 e. The van der Waals surface area contributed by atoms with E-state index >= 15 is 0 Å². The van der Waals surface area contributed by atoms with Crippen LogP contribution < -0.4 is 4.74 Å². The topological polar surface area (TPSA) is 89.7 Å². The SMILES string of the molecule is CC(Oc1ccc(-c2ccc([N+](=O)[O-])cc2)cc1)C(=O)O. The van der Waals surface area contributed by atoms with Gasteiger partial charge in [0.2, 0.25) is 0 Å². The first-order valence-corrected chi connectivity index (χ1v) is 6.22. The van der Waals surface area contributed by atoms with Crippen LogP contribution in [0, 0.1) is 10.1 Å². The molecule has 0 amide bonds. The molecular formula is C15H13NO5. The Morgan fingerprint density at radius 2 is 1.57 bits per heavy atom. The van der Waals surface area contributed by atoms with Crippen LogP contribution in [0.1, 0.15) is 6.92 Å². The largest absolute Gasteiger partial charge is 0.479 e. The first kappa shape index (κ1) is 14.5. The molecule has 0 aliphatic heterocycles. The van der Waals surface area contributed by atoms with E-state index in [1.807, 2.05) is 0 Å². The second-order valence-corrected chi connectivity index (χ2v) is 4.43. The van der Waals surface area contributed by atoms with Crippen molar-refractivity contribution in [3.8, 4) is 16.9 Å². The number of aliphatic carboxylic acids is 1. The van der Waals surface area contributed by atoms with Gasteiger partial charge in [-0.25, -0.2) is 4.79 Å². The Bertz CT molecular complexity index is 649. The monoisotopic (exact) mass is 287 g/mol. The van der Waals surface area contributed by atoms with Crippen molar-refractivity contribution in [3.63, 3.8) is 0 Å². The summed E-state index contributed by atoms with van der Waals surface area (Å²) >= 11 is 0. The maximum absolute atomic E-state index is 10.7. The van der Waals surface area contributed by atoms with Crippen molar-refractivity contribution < 1.29 is 19.6 Å². The molecule has 0 aliphatic carbocycles. The third-order valence-corrected chi connectivity index (χ3v) is 2.93. The van der Waals surface area contributed by atoms with E-state index in [4.69, 9.17) is 9.84 Å².